The quantitative estimate of drug-likeness (QED) is 0.698. The summed E-state index contributed by atoms with van der Waals surface area (Å²) in [4.78, 5) is 0. The summed E-state index contributed by atoms with van der Waals surface area (Å²) in [5.74, 6) is -0.154. The molecule has 0 spiro atoms. The van der Waals surface area contributed by atoms with E-state index in [1.807, 2.05) is 6.07 Å². The Morgan fingerprint density at radius 2 is 1.93 bits per heavy atom. The first kappa shape index (κ1) is 12.4. The molecule has 0 aliphatic heterocycles. The molecule has 1 nitrogen and oxygen atoms in total. The van der Waals surface area contributed by atoms with Crippen LogP contribution in [-0.2, 0) is 10.5 Å². The van der Waals surface area contributed by atoms with Crippen molar-refractivity contribution in [1.82, 2.24) is 0 Å². The predicted molar refractivity (Wildman–Crippen MR) is 63.8 cm³/mol. The first-order valence-corrected chi connectivity index (χ1v) is 7.98. The topological polar surface area (TPSA) is 9.23 Å². The van der Waals surface area contributed by atoms with Gasteiger partial charge in [0.05, 0.1) is 0 Å². The molecule has 15 heavy (non-hydrogen) atoms. The predicted octanol–water partition coefficient (Wildman–Crippen LogP) is 3.54. The summed E-state index contributed by atoms with van der Waals surface area (Å²) in [5, 5.41) is 0. The highest BCUT2D eigenvalue weighted by Crippen LogP contribution is 2.21. The van der Waals surface area contributed by atoms with Gasteiger partial charge >= 0.3 is 0 Å². The zero-order valence-electron chi connectivity index (χ0n) is 9.72. The van der Waals surface area contributed by atoms with E-state index < -0.39 is 8.32 Å². The minimum atomic E-state index is -1.65. The minimum absolute atomic E-state index is 0.154. The van der Waals surface area contributed by atoms with Crippen LogP contribution in [0.25, 0.3) is 0 Å². The van der Waals surface area contributed by atoms with E-state index in [2.05, 4.69) is 13.8 Å². The van der Waals surface area contributed by atoms with Crippen molar-refractivity contribution in [3.63, 3.8) is 0 Å². The summed E-state index contributed by atoms with van der Waals surface area (Å²) >= 11 is 0. The molecule has 0 atom stereocenters. The van der Waals surface area contributed by atoms with Crippen molar-refractivity contribution in [2.75, 3.05) is 7.11 Å². The zero-order valence-corrected chi connectivity index (χ0v) is 10.7. The maximum Gasteiger partial charge on any atom is 0.196 e. The van der Waals surface area contributed by atoms with Gasteiger partial charge in [-0.05, 0) is 35.8 Å². The highest BCUT2D eigenvalue weighted by atomic mass is 28.4. The number of rotatable bonds is 5. The number of hydrogen-bond acceptors (Lipinski definition) is 1. The first-order valence-electron chi connectivity index (χ1n) is 5.45. The molecule has 84 valence electrons. The molecule has 0 aromatic heterocycles. The Bertz CT molecular complexity index is 302. The van der Waals surface area contributed by atoms with Crippen molar-refractivity contribution in [2.45, 2.75) is 32.0 Å². The summed E-state index contributed by atoms with van der Waals surface area (Å²) in [6.07, 6.45) is 0. The average Bonchev–Trinajstić information content (AvgIpc) is 2.26. The van der Waals surface area contributed by atoms with E-state index in [9.17, 15) is 4.39 Å². The molecule has 0 aliphatic carbocycles. The smallest absolute Gasteiger partial charge is 0.196 e. The minimum Gasteiger partial charge on any atom is -0.420 e. The molecule has 0 saturated heterocycles. The summed E-state index contributed by atoms with van der Waals surface area (Å²) in [6.45, 7) is 4.33. The molecule has 0 fully saturated rings. The van der Waals surface area contributed by atoms with Gasteiger partial charge in [-0.3, -0.25) is 0 Å². The molecule has 0 unspecified atom stereocenters. The second-order valence-corrected chi connectivity index (χ2v) is 8.44. The van der Waals surface area contributed by atoms with E-state index in [4.69, 9.17) is 4.43 Å². The Morgan fingerprint density at radius 1 is 1.27 bits per heavy atom. The third-order valence-corrected chi connectivity index (χ3v) is 7.63. The van der Waals surface area contributed by atoms with Crippen molar-refractivity contribution in [3.8, 4) is 0 Å². The van der Waals surface area contributed by atoms with Crippen LogP contribution in [0.5, 0.6) is 0 Å². The summed E-state index contributed by atoms with van der Waals surface area (Å²) < 4.78 is 18.7. The van der Waals surface area contributed by atoms with Crippen LogP contribution in [0.3, 0.4) is 0 Å². The van der Waals surface area contributed by atoms with Crippen molar-refractivity contribution in [3.05, 3.63) is 35.6 Å². The molecular formula is C12H19FOSi. The van der Waals surface area contributed by atoms with Crippen LogP contribution in [0.4, 0.5) is 4.39 Å². The van der Waals surface area contributed by atoms with Gasteiger partial charge in [0.2, 0.25) is 0 Å². The number of halogens is 1. The molecule has 1 aromatic carbocycles. The molecule has 0 radical (unpaired) electrons. The number of benzene rings is 1. The monoisotopic (exact) mass is 226 g/mol. The summed E-state index contributed by atoms with van der Waals surface area (Å²) in [6, 6.07) is 9.92. The molecule has 0 aliphatic rings. The Kier molecular flexibility index (Phi) is 4.48. The van der Waals surface area contributed by atoms with E-state index in [0.29, 0.717) is 0 Å². The normalized spacial score (nSPS) is 11.7. The van der Waals surface area contributed by atoms with E-state index in [1.54, 1.807) is 19.2 Å². The van der Waals surface area contributed by atoms with Gasteiger partial charge in [0.25, 0.3) is 0 Å². The van der Waals surface area contributed by atoms with Gasteiger partial charge in [0.1, 0.15) is 5.82 Å². The molecule has 3 heteroatoms. The van der Waals surface area contributed by atoms with Gasteiger partial charge in [0.15, 0.2) is 8.32 Å². The van der Waals surface area contributed by atoms with Gasteiger partial charge in [-0.2, -0.15) is 0 Å². The lowest BCUT2D eigenvalue weighted by molar-refractivity contribution is 0.391. The van der Waals surface area contributed by atoms with Gasteiger partial charge in [-0.1, -0.05) is 26.0 Å². The zero-order chi connectivity index (χ0) is 11.3. The molecule has 0 heterocycles. The third kappa shape index (κ3) is 3.14. The van der Waals surface area contributed by atoms with Crippen LogP contribution in [0.15, 0.2) is 24.3 Å². The molecule has 0 N–H and O–H groups in total. The fourth-order valence-electron chi connectivity index (χ4n) is 1.88. The summed E-state index contributed by atoms with van der Waals surface area (Å²) in [7, 11) is 0.142. The Labute approximate surface area is 92.4 Å². The number of hydrogen-bond donors (Lipinski definition) is 0. The third-order valence-electron chi connectivity index (χ3n) is 3.14. The average molecular weight is 226 g/mol. The standard InChI is InChI=1S/C12H19FOSi/c1-4-15(5-2,14-3)10-11-7-6-8-12(13)9-11/h6-9H,4-5,10H2,1-3H3. The van der Waals surface area contributed by atoms with Crippen LogP contribution in [0.2, 0.25) is 12.1 Å². The Balaban J connectivity index is 2.82. The van der Waals surface area contributed by atoms with Crippen molar-refractivity contribution < 1.29 is 8.82 Å². The lowest BCUT2D eigenvalue weighted by Gasteiger charge is -2.27. The fourth-order valence-corrected chi connectivity index (χ4v) is 4.57. The largest absolute Gasteiger partial charge is 0.420 e. The highest BCUT2D eigenvalue weighted by Gasteiger charge is 2.29. The van der Waals surface area contributed by atoms with Gasteiger partial charge in [0, 0.05) is 7.11 Å². The van der Waals surface area contributed by atoms with Gasteiger partial charge in [-0.25, -0.2) is 4.39 Å². The van der Waals surface area contributed by atoms with E-state index >= 15 is 0 Å². The van der Waals surface area contributed by atoms with Crippen LogP contribution < -0.4 is 0 Å². The second kappa shape index (κ2) is 5.42. The maximum absolute atomic E-state index is 13.0. The molecular weight excluding hydrogens is 207 g/mol. The van der Waals surface area contributed by atoms with Crippen molar-refractivity contribution >= 4 is 8.32 Å². The van der Waals surface area contributed by atoms with E-state index in [0.717, 1.165) is 23.7 Å². The SMILES string of the molecule is CC[Si](CC)(Cc1cccc(F)c1)OC. The van der Waals surface area contributed by atoms with Crippen molar-refractivity contribution in [1.29, 1.82) is 0 Å². The maximum atomic E-state index is 13.0. The lowest BCUT2D eigenvalue weighted by atomic mass is 10.2. The molecule has 1 aromatic rings. The second-order valence-electron chi connectivity index (χ2n) is 3.90. The van der Waals surface area contributed by atoms with Crippen LogP contribution in [0, 0.1) is 5.82 Å². The van der Waals surface area contributed by atoms with Gasteiger partial charge in [-0.15, -0.1) is 0 Å². The molecule has 0 bridgehead atoms. The van der Waals surface area contributed by atoms with Crippen LogP contribution in [-0.4, -0.2) is 15.4 Å². The van der Waals surface area contributed by atoms with Gasteiger partial charge < -0.3 is 4.43 Å². The van der Waals surface area contributed by atoms with E-state index in [1.165, 1.54) is 6.07 Å². The highest BCUT2D eigenvalue weighted by molar-refractivity contribution is 6.73. The molecule has 1 rings (SSSR count). The molecule has 0 saturated carbocycles. The van der Waals surface area contributed by atoms with Crippen LogP contribution >= 0.6 is 0 Å². The molecule has 0 amide bonds. The Hall–Kier alpha value is -0.673. The van der Waals surface area contributed by atoms with Crippen molar-refractivity contribution in [2.24, 2.45) is 0 Å². The van der Waals surface area contributed by atoms with E-state index in [-0.39, 0.29) is 5.82 Å². The fraction of sp³-hybridized carbons (Fsp3) is 0.500. The van der Waals surface area contributed by atoms with Crippen LogP contribution in [0.1, 0.15) is 19.4 Å². The first-order chi connectivity index (χ1) is 7.15. The lowest BCUT2D eigenvalue weighted by Crippen LogP contribution is -2.38. The Morgan fingerprint density at radius 3 is 2.40 bits per heavy atom. The summed E-state index contributed by atoms with van der Waals surface area (Å²) in [5.41, 5.74) is 1.06.